The van der Waals surface area contributed by atoms with Gasteiger partial charge in [0.05, 0.1) is 6.61 Å². The second kappa shape index (κ2) is 7.53. The van der Waals surface area contributed by atoms with Crippen LogP contribution >= 0.6 is 15.6 Å². The Hall–Kier alpha value is 1.22. The number of hydrogen-bond acceptors (Lipinski definition) is 3. The average molecular weight is 273 g/mol. The molecule has 0 aromatic rings. The minimum atomic E-state index is -4.48. The summed E-state index contributed by atoms with van der Waals surface area (Å²) >= 11 is 0. The summed E-state index contributed by atoms with van der Waals surface area (Å²) in [4.78, 5) is 33.7. The fourth-order valence-corrected chi connectivity index (χ4v) is 1.38. The van der Waals surface area contributed by atoms with Crippen molar-refractivity contribution in [2.45, 2.75) is 6.42 Å². The summed E-state index contributed by atoms with van der Waals surface area (Å²) in [5.41, 5.74) is 0. The van der Waals surface area contributed by atoms with Gasteiger partial charge < -0.3 is 19.6 Å². The molecule has 0 spiro atoms. The van der Waals surface area contributed by atoms with Gasteiger partial charge in [0, 0.05) is 6.54 Å². The van der Waals surface area contributed by atoms with Gasteiger partial charge in [-0.2, -0.15) is 0 Å². The molecule has 15 heavy (non-hydrogen) atoms. The van der Waals surface area contributed by atoms with Gasteiger partial charge in [0.2, 0.25) is 0 Å². The molecule has 0 heterocycles. The third-order valence-electron chi connectivity index (χ3n) is 1.33. The molecule has 0 bridgehead atoms. The summed E-state index contributed by atoms with van der Waals surface area (Å²) in [7, 11) is -7.53. The van der Waals surface area contributed by atoms with Crippen molar-refractivity contribution in [2.75, 3.05) is 20.2 Å². The molecule has 0 aliphatic rings. The summed E-state index contributed by atoms with van der Waals surface area (Å²) in [6.07, 6.45) is 0.118. The Morgan fingerprint density at radius 1 is 1.20 bits per heavy atom. The Labute approximate surface area is 109 Å². The van der Waals surface area contributed by atoms with Gasteiger partial charge in [-0.3, -0.25) is 4.52 Å². The number of rotatable bonds is 6. The normalized spacial score (nSPS) is 12.7. The predicted molar refractivity (Wildman–Crippen MR) is 54.4 cm³/mol. The third-order valence-corrected chi connectivity index (χ3v) is 2.94. The second-order valence-electron chi connectivity index (χ2n) is 2.57. The van der Waals surface area contributed by atoms with E-state index in [1.54, 1.807) is 0 Å². The number of nitrogens with zero attached hydrogens (tertiary/aromatic N) is 1. The molecule has 0 atom stereocenters. The van der Waals surface area contributed by atoms with Crippen LogP contribution in [0, 0.1) is 0 Å². The molecular weight excluding hydrogens is 259 g/mol. The standard InChI is InChI=1S/C4H13NO7P2.Na.H/c1-5(13(6,7)8)3-2-4-12-14(9,10)11;;/h2-4H2,1H3,(H2,6,7,8)(H2,9,10,11);;. The molecule has 0 radical (unpaired) electrons. The Morgan fingerprint density at radius 3 is 2.00 bits per heavy atom. The Kier molecular flexibility index (Phi) is 9.32. The summed E-state index contributed by atoms with van der Waals surface area (Å²) in [5.74, 6) is 0. The first-order chi connectivity index (χ1) is 6.13. The first kappa shape index (κ1) is 18.6. The van der Waals surface area contributed by atoms with Crippen molar-refractivity contribution < 1.29 is 33.2 Å². The predicted octanol–water partition coefficient (Wildman–Crippen LogP) is -1.14. The molecule has 0 unspecified atom stereocenters. The van der Waals surface area contributed by atoms with Gasteiger partial charge in [-0.15, -0.1) is 0 Å². The maximum atomic E-state index is 10.5. The van der Waals surface area contributed by atoms with E-state index in [1.807, 2.05) is 0 Å². The van der Waals surface area contributed by atoms with E-state index >= 15 is 0 Å². The van der Waals surface area contributed by atoms with Crippen LogP contribution in [0.1, 0.15) is 6.42 Å². The molecule has 11 heteroatoms. The molecule has 0 amide bonds. The fraction of sp³-hybridized carbons (Fsp3) is 1.00. The van der Waals surface area contributed by atoms with Gasteiger partial charge in [0.1, 0.15) is 0 Å². The van der Waals surface area contributed by atoms with Crippen molar-refractivity contribution >= 4 is 45.1 Å². The zero-order chi connectivity index (χ0) is 11.4. The Morgan fingerprint density at radius 2 is 1.67 bits per heavy atom. The molecule has 0 aliphatic heterocycles. The van der Waals surface area contributed by atoms with Crippen molar-refractivity contribution in [2.24, 2.45) is 0 Å². The van der Waals surface area contributed by atoms with Crippen LogP contribution in [-0.2, 0) is 13.7 Å². The van der Waals surface area contributed by atoms with Crippen LogP contribution in [-0.4, -0.2) is 74.0 Å². The van der Waals surface area contributed by atoms with E-state index in [0.717, 1.165) is 4.67 Å². The monoisotopic (exact) mass is 273 g/mol. The van der Waals surface area contributed by atoms with E-state index in [9.17, 15) is 9.13 Å². The molecule has 4 N–H and O–H groups in total. The van der Waals surface area contributed by atoms with Gasteiger partial charge >= 0.3 is 45.1 Å². The molecular formula is C4H14NNaO7P2. The molecule has 0 aromatic heterocycles. The third kappa shape index (κ3) is 11.5. The number of phosphoric acid groups is 1. The summed E-state index contributed by atoms with van der Waals surface area (Å²) in [5, 5.41) is 0. The molecule has 88 valence electrons. The van der Waals surface area contributed by atoms with Crippen molar-refractivity contribution in [3.05, 3.63) is 0 Å². The van der Waals surface area contributed by atoms with Gasteiger partial charge in [-0.25, -0.2) is 13.8 Å². The SMILES string of the molecule is CN(CCCOP(=O)(O)O)P(=O)(O)O.[NaH]. The zero-order valence-electron chi connectivity index (χ0n) is 7.48. The van der Waals surface area contributed by atoms with Crippen LogP contribution in [0.15, 0.2) is 0 Å². The van der Waals surface area contributed by atoms with Gasteiger partial charge in [-0.05, 0) is 13.5 Å². The number of hydrogen-bond donors (Lipinski definition) is 4. The van der Waals surface area contributed by atoms with E-state index in [-0.39, 0.29) is 49.1 Å². The zero-order valence-corrected chi connectivity index (χ0v) is 9.27. The van der Waals surface area contributed by atoms with E-state index in [0.29, 0.717) is 0 Å². The van der Waals surface area contributed by atoms with Crippen molar-refractivity contribution in [3.8, 4) is 0 Å². The summed E-state index contributed by atoms with van der Waals surface area (Å²) < 4.78 is 25.6. The van der Waals surface area contributed by atoms with E-state index in [4.69, 9.17) is 19.6 Å². The van der Waals surface area contributed by atoms with Crippen LogP contribution in [0.4, 0.5) is 0 Å². The molecule has 0 aliphatic carbocycles. The van der Waals surface area contributed by atoms with Gasteiger partial charge in [0.15, 0.2) is 0 Å². The van der Waals surface area contributed by atoms with Crippen LogP contribution in [0.2, 0.25) is 0 Å². The molecule has 0 aromatic carbocycles. The molecule has 0 fully saturated rings. The minimum absolute atomic E-state index is 0. The van der Waals surface area contributed by atoms with Crippen molar-refractivity contribution in [1.29, 1.82) is 0 Å². The van der Waals surface area contributed by atoms with Crippen molar-refractivity contribution in [1.82, 2.24) is 4.67 Å². The van der Waals surface area contributed by atoms with Crippen LogP contribution in [0.25, 0.3) is 0 Å². The van der Waals surface area contributed by atoms with E-state index < -0.39 is 15.6 Å². The summed E-state index contributed by atoms with van der Waals surface area (Å²) in [6, 6.07) is 0. The van der Waals surface area contributed by atoms with Crippen LogP contribution in [0.3, 0.4) is 0 Å². The topological polar surface area (TPSA) is 128 Å². The molecule has 0 rings (SSSR count). The fourth-order valence-electron chi connectivity index (χ4n) is 0.607. The molecule has 8 nitrogen and oxygen atoms in total. The van der Waals surface area contributed by atoms with Gasteiger partial charge in [-0.1, -0.05) is 0 Å². The molecule has 0 saturated heterocycles. The first-order valence-corrected chi connectivity index (χ1v) is 6.70. The summed E-state index contributed by atoms with van der Waals surface area (Å²) in [6.45, 7) is -0.265. The Balaban J connectivity index is 0. The van der Waals surface area contributed by atoms with Crippen LogP contribution in [0.5, 0.6) is 0 Å². The van der Waals surface area contributed by atoms with Gasteiger partial charge in [0.25, 0.3) is 0 Å². The second-order valence-corrected chi connectivity index (χ2v) is 5.52. The average Bonchev–Trinajstić information content (AvgIpc) is 1.93. The van der Waals surface area contributed by atoms with E-state index in [2.05, 4.69) is 4.52 Å². The molecule has 0 saturated carbocycles. The maximum absolute atomic E-state index is 10.5. The quantitative estimate of drug-likeness (QED) is 0.272. The van der Waals surface area contributed by atoms with Crippen LogP contribution < -0.4 is 0 Å². The van der Waals surface area contributed by atoms with E-state index in [1.165, 1.54) is 7.05 Å². The van der Waals surface area contributed by atoms with Crippen molar-refractivity contribution in [3.63, 3.8) is 0 Å². The Bertz CT molecular complexity index is 262. The first-order valence-electron chi connectivity index (χ1n) is 3.60. The number of phosphoric ester groups is 1.